The summed E-state index contributed by atoms with van der Waals surface area (Å²) >= 11 is 0. The molecule has 139 valence electrons. The van der Waals surface area contributed by atoms with E-state index in [1.807, 2.05) is 0 Å². The molecule has 0 aliphatic carbocycles. The fraction of sp³-hybridized carbons (Fsp3) is 0.950. The number of carboxylic acids is 1. The van der Waals surface area contributed by atoms with Crippen molar-refractivity contribution in [3.8, 4) is 0 Å². The van der Waals surface area contributed by atoms with Crippen molar-refractivity contribution in [2.75, 3.05) is 13.2 Å². The van der Waals surface area contributed by atoms with Gasteiger partial charge in [-0.05, 0) is 6.42 Å². The fourth-order valence-electron chi connectivity index (χ4n) is 2.91. The van der Waals surface area contributed by atoms with Crippen LogP contribution in [-0.2, 0) is 9.53 Å². The molecule has 4 heteroatoms. The van der Waals surface area contributed by atoms with Gasteiger partial charge in [-0.3, -0.25) is 0 Å². The Hall–Kier alpha value is 0.430. The van der Waals surface area contributed by atoms with Crippen molar-refractivity contribution >= 4 is 35.5 Å². The first-order valence-corrected chi connectivity index (χ1v) is 10.1. The van der Waals surface area contributed by atoms with Gasteiger partial charge in [0.2, 0.25) is 0 Å². The van der Waals surface area contributed by atoms with E-state index in [9.17, 15) is 4.79 Å². The maximum absolute atomic E-state index is 10.2. The predicted octanol–water partition coefficient (Wildman–Crippen LogP) is 5.97. The Morgan fingerprint density at radius 1 is 0.667 bits per heavy atom. The van der Waals surface area contributed by atoms with Gasteiger partial charge in [-0.2, -0.15) is 0 Å². The summed E-state index contributed by atoms with van der Waals surface area (Å²) in [6.07, 6.45) is 21.6. The SMILES string of the molecule is CCCCCCCCCCCCCCCCCCOCC(=O)O.[Na]. The number of carbonyl (C=O) groups is 1. The minimum atomic E-state index is -0.874. The molecule has 0 aliphatic rings. The van der Waals surface area contributed by atoms with E-state index in [2.05, 4.69) is 6.92 Å². The Kier molecular flexibility index (Phi) is 26.0. The molecule has 0 aliphatic heterocycles. The standard InChI is InChI=1S/C20H40O3.Na/c1-2-3-4-5-6-7-8-9-10-11-12-13-14-15-16-17-18-23-19-20(21)22;/h2-19H2,1H3,(H,21,22);. The molecule has 0 rings (SSSR count). The van der Waals surface area contributed by atoms with E-state index in [0.29, 0.717) is 6.61 Å². The van der Waals surface area contributed by atoms with E-state index >= 15 is 0 Å². The minimum absolute atomic E-state index is 0. The summed E-state index contributed by atoms with van der Waals surface area (Å²) in [6, 6.07) is 0. The molecule has 3 nitrogen and oxygen atoms in total. The molecule has 0 saturated carbocycles. The average molecular weight is 352 g/mol. The van der Waals surface area contributed by atoms with Gasteiger partial charge in [0, 0.05) is 36.2 Å². The summed E-state index contributed by atoms with van der Waals surface area (Å²) in [6.45, 7) is 2.71. The number of rotatable bonds is 19. The summed E-state index contributed by atoms with van der Waals surface area (Å²) in [7, 11) is 0. The predicted molar refractivity (Wildman–Crippen MR) is 104 cm³/mol. The van der Waals surface area contributed by atoms with Gasteiger partial charge in [-0.15, -0.1) is 0 Å². The molecule has 24 heavy (non-hydrogen) atoms. The summed E-state index contributed by atoms with van der Waals surface area (Å²) in [4.78, 5) is 10.2. The number of ether oxygens (including phenoxy) is 1. The maximum atomic E-state index is 10.2. The third-order valence-electron chi connectivity index (χ3n) is 4.37. The van der Waals surface area contributed by atoms with Gasteiger partial charge in [0.15, 0.2) is 0 Å². The minimum Gasteiger partial charge on any atom is -0.480 e. The molecule has 0 aromatic heterocycles. The van der Waals surface area contributed by atoms with E-state index in [1.165, 1.54) is 89.9 Å². The van der Waals surface area contributed by atoms with Crippen molar-refractivity contribution in [1.82, 2.24) is 0 Å². The number of hydrogen-bond donors (Lipinski definition) is 1. The molecule has 0 aromatic carbocycles. The van der Waals surface area contributed by atoms with Crippen LogP contribution in [-0.4, -0.2) is 53.8 Å². The quantitative estimate of drug-likeness (QED) is 0.230. The molecule has 0 aromatic rings. The first-order chi connectivity index (χ1) is 11.3. The number of aliphatic carboxylic acids is 1. The summed E-state index contributed by atoms with van der Waals surface area (Å²) < 4.78 is 5.01. The van der Waals surface area contributed by atoms with Gasteiger partial charge in [-0.25, -0.2) is 4.79 Å². The Morgan fingerprint density at radius 2 is 1.00 bits per heavy atom. The molecular formula is C20H40NaO3. The van der Waals surface area contributed by atoms with Gasteiger partial charge >= 0.3 is 5.97 Å². The van der Waals surface area contributed by atoms with Crippen LogP contribution in [0.4, 0.5) is 0 Å². The second kappa shape index (κ2) is 23.4. The second-order valence-electron chi connectivity index (χ2n) is 6.75. The third-order valence-corrected chi connectivity index (χ3v) is 4.37. The third kappa shape index (κ3) is 24.7. The maximum Gasteiger partial charge on any atom is 0.329 e. The van der Waals surface area contributed by atoms with Crippen LogP contribution in [0.15, 0.2) is 0 Å². The van der Waals surface area contributed by atoms with Gasteiger partial charge < -0.3 is 9.84 Å². The largest absolute Gasteiger partial charge is 0.480 e. The Bertz CT molecular complexity index is 247. The summed E-state index contributed by atoms with van der Waals surface area (Å²) in [5, 5.41) is 8.42. The molecule has 0 saturated heterocycles. The molecule has 0 amide bonds. The van der Waals surface area contributed by atoms with Crippen LogP contribution in [0, 0.1) is 0 Å². The number of unbranched alkanes of at least 4 members (excludes halogenated alkanes) is 15. The number of hydrogen-bond acceptors (Lipinski definition) is 2. The van der Waals surface area contributed by atoms with Gasteiger partial charge in [0.1, 0.15) is 6.61 Å². The van der Waals surface area contributed by atoms with Crippen molar-refractivity contribution in [2.45, 2.75) is 110 Å². The van der Waals surface area contributed by atoms with Crippen LogP contribution in [0.5, 0.6) is 0 Å². The first kappa shape index (κ1) is 26.7. The Balaban J connectivity index is 0. The van der Waals surface area contributed by atoms with Crippen molar-refractivity contribution in [2.24, 2.45) is 0 Å². The van der Waals surface area contributed by atoms with E-state index in [4.69, 9.17) is 9.84 Å². The average Bonchev–Trinajstić information content (AvgIpc) is 2.53. The zero-order chi connectivity index (χ0) is 17.0. The monoisotopic (exact) mass is 351 g/mol. The normalized spacial score (nSPS) is 10.5. The van der Waals surface area contributed by atoms with Crippen LogP contribution in [0.2, 0.25) is 0 Å². The molecular weight excluding hydrogens is 311 g/mol. The molecule has 0 bridgehead atoms. The van der Waals surface area contributed by atoms with E-state index < -0.39 is 5.97 Å². The van der Waals surface area contributed by atoms with Crippen LogP contribution in [0.3, 0.4) is 0 Å². The van der Waals surface area contributed by atoms with Crippen LogP contribution in [0.1, 0.15) is 110 Å². The van der Waals surface area contributed by atoms with Gasteiger partial charge in [0.25, 0.3) is 0 Å². The smallest absolute Gasteiger partial charge is 0.329 e. The first-order valence-electron chi connectivity index (χ1n) is 10.1. The molecule has 1 N–H and O–H groups in total. The fourth-order valence-corrected chi connectivity index (χ4v) is 2.91. The van der Waals surface area contributed by atoms with E-state index in [-0.39, 0.29) is 36.2 Å². The van der Waals surface area contributed by atoms with Crippen LogP contribution >= 0.6 is 0 Å². The zero-order valence-electron chi connectivity index (χ0n) is 16.5. The molecule has 0 fully saturated rings. The molecule has 0 unspecified atom stereocenters. The van der Waals surface area contributed by atoms with Crippen molar-refractivity contribution in [3.63, 3.8) is 0 Å². The van der Waals surface area contributed by atoms with E-state index in [1.54, 1.807) is 0 Å². The van der Waals surface area contributed by atoms with Crippen molar-refractivity contribution in [1.29, 1.82) is 0 Å². The van der Waals surface area contributed by atoms with Crippen molar-refractivity contribution in [3.05, 3.63) is 0 Å². The topological polar surface area (TPSA) is 46.5 Å². The Morgan fingerprint density at radius 3 is 1.33 bits per heavy atom. The number of carboxylic acid groups (broad SMARTS) is 1. The second-order valence-corrected chi connectivity index (χ2v) is 6.75. The van der Waals surface area contributed by atoms with Gasteiger partial charge in [-0.1, -0.05) is 103 Å². The van der Waals surface area contributed by atoms with Crippen molar-refractivity contribution < 1.29 is 14.6 Å². The van der Waals surface area contributed by atoms with Crippen LogP contribution in [0.25, 0.3) is 0 Å². The summed E-state index contributed by atoms with van der Waals surface area (Å²) in [5.74, 6) is -0.874. The molecule has 0 heterocycles. The van der Waals surface area contributed by atoms with Crippen LogP contribution < -0.4 is 0 Å². The molecule has 0 atom stereocenters. The molecule has 1 radical (unpaired) electrons. The molecule has 0 spiro atoms. The Labute approximate surface area is 172 Å². The van der Waals surface area contributed by atoms with Gasteiger partial charge in [0.05, 0.1) is 0 Å². The van der Waals surface area contributed by atoms with E-state index in [0.717, 1.165) is 12.8 Å². The summed E-state index contributed by atoms with van der Waals surface area (Å²) in [5.41, 5.74) is 0. The zero-order valence-corrected chi connectivity index (χ0v) is 18.5.